The molecule has 6 nitrogen and oxygen atoms in total. The van der Waals surface area contributed by atoms with Crippen LogP contribution in [0.5, 0.6) is 0 Å². The predicted octanol–water partition coefficient (Wildman–Crippen LogP) is 2.81. The van der Waals surface area contributed by atoms with E-state index in [0.29, 0.717) is 17.9 Å². The highest BCUT2D eigenvalue weighted by atomic mass is 16.5. The maximum Gasteiger partial charge on any atom is 0.360 e. The van der Waals surface area contributed by atoms with Gasteiger partial charge in [-0.1, -0.05) is 12.1 Å². The van der Waals surface area contributed by atoms with Crippen LogP contribution in [0, 0.1) is 0 Å². The van der Waals surface area contributed by atoms with Gasteiger partial charge in [0.25, 0.3) is 0 Å². The first-order valence-corrected chi connectivity index (χ1v) is 7.34. The molecular formula is C17H16N4O2. The van der Waals surface area contributed by atoms with Gasteiger partial charge in [-0.15, -0.1) is 0 Å². The van der Waals surface area contributed by atoms with Crippen molar-refractivity contribution in [1.82, 2.24) is 15.0 Å². The molecule has 0 radical (unpaired) electrons. The maximum atomic E-state index is 12.1. The fraction of sp³-hybridized carbons (Fsp3) is 0.176. The van der Waals surface area contributed by atoms with Crippen LogP contribution in [0.1, 0.15) is 23.0 Å². The Morgan fingerprint density at radius 3 is 2.48 bits per heavy atom. The first-order valence-electron chi connectivity index (χ1n) is 7.34. The van der Waals surface area contributed by atoms with Crippen molar-refractivity contribution in [3.05, 3.63) is 60.0 Å². The molecule has 0 aliphatic rings. The minimum absolute atomic E-state index is 0.194. The van der Waals surface area contributed by atoms with Crippen LogP contribution in [0.2, 0.25) is 0 Å². The molecule has 0 fully saturated rings. The molecule has 0 saturated heterocycles. The molecule has 6 heteroatoms. The van der Waals surface area contributed by atoms with Gasteiger partial charge >= 0.3 is 5.97 Å². The molecule has 0 saturated carbocycles. The summed E-state index contributed by atoms with van der Waals surface area (Å²) in [4.78, 5) is 25.0. The number of anilines is 1. The average Bonchev–Trinajstić information content (AvgIpc) is 2.60. The lowest BCUT2D eigenvalue weighted by Crippen LogP contribution is -2.14. The van der Waals surface area contributed by atoms with Gasteiger partial charge < -0.3 is 10.1 Å². The molecule has 3 rings (SSSR count). The van der Waals surface area contributed by atoms with E-state index in [1.54, 1.807) is 19.3 Å². The molecule has 2 aromatic heterocycles. The maximum absolute atomic E-state index is 12.1. The summed E-state index contributed by atoms with van der Waals surface area (Å²) in [6, 6.07) is 11.2. The van der Waals surface area contributed by atoms with Gasteiger partial charge in [-0.2, -0.15) is 0 Å². The lowest BCUT2D eigenvalue weighted by atomic mass is 10.2. The highest BCUT2D eigenvalue weighted by Crippen LogP contribution is 2.18. The van der Waals surface area contributed by atoms with Crippen molar-refractivity contribution in [3.63, 3.8) is 0 Å². The second-order valence-corrected chi connectivity index (χ2v) is 4.84. The zero-order chi connectivity index (χ0) is 16.1. The zero-order valence-corrected chi connectivity index (χ0v) is 12.7. The van der Waals surface area contributed by atoms with Crippen molar-refractivity contribution in [2.45, 2.75) is 13.5 Å². The van der Waals surface area contributed by atoms with E-state index < -0.39 is 5.97 Å². The van der Waals surface area contributed by atoms with Crippen LogP contribution in [-0.2, 0) is 11.3 Å². The number of pyridine rings is 1. The van der Waals surface area contributed by atoms with Crippen LogP contribution in [0.3, 0.4) is 0 Å². The Labute approximate surface area is 133 Å². The molecule has 1 aromatic carbocycles. The first-order chi connectivity index (χ1) is 11.3. The predicted molar refractivity (Wildman–Crippen MR) is 87.1 cm³/mol. The second-order valence-electron chi connectivity index (χ2n) is 4.84. The van der Waals surface area contributed by atoms with Gasteiger partial charge in [-0.25, -0.2) is 14.8 Å². The van der Waals surface area contributed by atoms with Gasteiger partial charge in [0.05, 0.1) is 17.6 Å². The average molecular weight is 308 g/mol. The normalized spacial score (nSPS) is 10.5. The molecule has 116 valence electrons. The van der Waals surface area contributed by atoms with Crippen molar-refractivity contribution in [1.29, 1.82) is 0 Å². The van der Waals surface area contributed by atoms with Crippen molar-refractivity contribution < 1.29 is 9.53 Å². The summed E-state index contributed by atoms with van der Waals surface area (Å²) in [5.74, 6) is -0.0676. The van der Waals surface area contributed by atoms with Crippen molar-refractivity contribution in [2.75, 3.05) is 11.9 Å². The van der Waals surface area contributed by atoms with Crippen LogP contribution < -0.4 is 5.32 Å². The highest BCUT2D eigenvalue weighted by Gasteiger charge is 2.17. The summed E-state index contributed by atoms with van der Waals surface area (Å²) in [5, 5.41) is 3.16. The largest absolute Gasteiger partial charge is 0.461 e. The smallest absolute Gasteiger partial charge is 0.360 e. The number of benzene rings is 1. The van der Waals surface area contributed by atoms with E-state index in [9.17, 15) is 4.79 Å². The Balaban J connectivity index is 1.95. The van der Waals surface area contributed by atoms with Crippen LogP contribution in [-0.4, -0.2) is 27.5 Å². The lowest BCUT2D eigenvalue weighted by molar-refractivity contribution is 0.0520. The Kier molecular flexibility index (Phi) is 4.42. The van der Waals surface area contributed by atoms with E-state index in [-0.39, 0.29) is 12.3 Å². The van der Waals surface area contributed by atoms with Crippen molar-refractivity contribution in [2.24, 2.45) is 0 Å². The molecule has 1 N–H and O–H groups in total. The van der Waals surface area contributed by atoms with Crippen molar-refractivity contribution in [3.8, 4) is 0 Å². The number of aromatic nitrogens is 3. The van der Waals surface area contributed by atoms with Crippen LogP contribution in [0.15, 0.2) is 48.8 Å². The van der Waals surface area contributed by atoms with Crippen molar-refractivity contribution >= 4 is 22.8 Å². The van der Waals surface area contributed by atoms with E-state index in [1.165, 1.54) is 0 Å². The van der Waals surface area contributed by atoms with Gasteiger partial charge in [0.2, 0.25) is 0 Å². The summed E-state index contributed by atoms with van der Waals surface area (Å²) < 4.78 is 5.08. The lowest BCUT2D eigenvalue weighted by Gasteiger charge is -2.11. The number of para-hydroxylation sites is 2. The topological polar surface area (TPSA) is 77.0 Å². The number of hydrogen-bond acceptors (Lipinski definition) is 6. The minimum atomic E-state index is -0.483. The number of hydrogen-bond donors (Lipinski definition) is 1. The third kappa shape index (κ3) is 3.42. The summed E-state index contributed by atoms with van der Waals surface area (Å²) in [6.45, 7) is 2.57. The van der Waals surface area contributed by atoms with Crippen LogP contribution >= 0.6 is 0 Å². The minimum Gasteiger partial charge on any atom is -0.461 e. The molecule has 0 amide bonds. The molecule has 0 bridgehead atoms. The molecule has 0 unspecified atom stereocenters. The van der Waals surface area contributed by atoms with E-state index in [0.717, 1.165) is 11.1 Å². The number of carbonyl (C=O) groups is 1. The van der Waals surface area contributed by atoms with E-state index >= 15 is 0 Å². The molecular weight excluding hydrogens is 292 g/mol. The van der Waals surface area contributed by atoms with Gasteiger partial charge in [-0.3, -0.25) is 4.98 Å². The summed E-state index contributed by atoms with van der Waals surface area (Å²) in [7, 11) is 0. The number of rotatable bonds is 5. The standard InChI is InChI=1S/C17H16N4O2/c1-2-23-17(22)15-16(19-11-12-7-9-18-10-8-12)21-14-6-4-3-5-13(14)20-15/h3-10H,2,11H2,1H3,(H,19,21). The number of ether oxygens (including phenoxy) is 1. The highest BCUT2D eigenvalue weighted by molar-refractivity contribution is 5.95. The number of nitrogens with one attached hydrogen (secondary N) is 1. The molecule has 23 heavy (non-hydrogen) atoms. The van der Waals surface area contributed by atoms with Crippen LogP contribution in [0.4, 0.5) is 5.82 Å². The quantitative estimate of drug-likeness (QED) is 0.730. The fourth-order valence-corrected chi connectivity index (χ4v) is 2.15. The van der Waals surface area contributed by atoms with Crippen LogP contribution in [0.25, 0.3) is 11.0 Å². The third-order valence-corrected chi connectivity index (χ3v) is 3.25. The van der Waals surface area contributed by atoms with E-state index in [2.05, 4.69) is 20.3 Å². The molecule has 0 aliphatic heterocycles. The van der Waals surface area contributed by atoms with Gasteiger partial charge in [-0.05, 0) is 36.8 Å². The molecule has 2 heterocycles. The first kappa shape index (κ1) is 14.9. The van der Waals surface area contributed by atoms with E-state index in [4.69, 9.17) is 4.74 Å². The van der Waals surface area contributed by atoms with Gasteiger partial charge in [0, 0.05) is 18.9 Å². The summed E-state index contributed by atoms with van der Waals surface area (Å²) in [5.41, 5.74) is 2.60. The molecule has 0 spiro atoms. The monoisotopic (exact) mass is 308 g/mol. The molecule has 0 atom stereocenters. The Bertz CT molecular complexity index is 821. The molecule has 0 aliphatic carbocycles. The number of esters is 1. The number of carbonyl (C=O) groups excluding carboxylic acids is 1. The van der Waals surface area contributed by atoms with Gasteiger partial charge in [0.1, 0.15) is 0 Å². The number of fused-ring (bicyclic) bond motifs is 1. The summed E-state index contributed by atoms with van der Waals surface area (Å²) >= 11 is 0. The second kappa shape index (κ2) is 6.83. The number of nitrogens with zero attached hydrogens (tertiary/aromatic N) is 3. The Morgan fingerprint density at radius 2 is 1.78 bits per heavy atom. The third-order valence-electron chi connectivity index (χ3n) is 3.25. The Hall–Kier alpha value is -3.02. The summed E-state index contributed by atoms with van der Waals surface area (Å²) in [6.07, 6.45) is 3.44. The van der Waals surface area contributed by atoms with Gasteiger partial charge in [0.15, 0.2) is 11.5 Å². The molecule has 3 aromatic rings. The van der Waals surface area contributed by atoms with E-state index in [1.807, 2.05) is 36.4 Å². The fourth-order valence-electron chi connectivity index (χ4n) is 2.15. The Morgan fingerprint density at radius 1 is 1.09 bits per heavy atom. The SMILES string of the molecule is CCOC(=O)c1nc2ccccc2nc1NCc1ccncc1. The zero-order valence-electron chi connectivity index (χ0n) is 12.7.